The molecule has 1 fully saturated rings. The third-order valence-corrected chi connectivity index (χ3v) is 8.72. The molecule has 0 radical (unpaired) electrons. The zero-order valence-corrected chi connectivity index (χ0v) is 30.5. The van der Waals surface area contributed by atoms with Gasteiger partial charge in [0.1, 0.15) is 30.2 Å². The van der Waals surface area contributed by atoms with Gasteiger partial charge in [-0.2, -0.15) is 0 Å². The first-order chi connectivity index (χ1) is 25.4. The normalized spacial score (nSPS) is 21.2. The van der Waals surface area contributed by atoms with Crippen molar-refractivity contribution in [2.75, 3.05) is 13.1 Å². The van der Waals surface area contributed by atoms with Crippen LogP contribution in [0.1, 0.15) is 69.9 Å². The van der Waals surface area contributed by atoms with Gasteiger partial charge in [-0.3, -0.25) is 33.6 Å². The fourth-order valence-electron chi connectivity index (χ4n) is 5.89. The van der Waals surface area contributed by atoms with E-state index in [0.29, 0.717) is 31.4 Å². The smallest absolute Gasteiger partial charge is 0.243 e. The highest BCUT2D eigenvalue weighted by atomic mass is 16.2. The molecule has 0 spiro atoms. The van der Waals surface area contributed by atoms with Crippen molar-refractivity contribution in [2.24, 2.45) is 17.4 Å². The van der Waals surface area contributed by atoms with E-state index >= 15 is 0 Å². The maximum atomic E-state index is 14.0. The quantitative estimate of drug-likeness (QED) is 0.137. The van der Waals surface area contributed by atoms with Gasteiger partial charge in [0.05, 0.1) is 6.42 Å². The van der Waals surface area contributed by atoms with Crippen molar-refractivity contribution in [3.05, 3.63) is 71.8 Å². The Morgan fingerprint density at radius 1 is 0.830 bits per heavy atom. The average molecular weight is 735 g/mol. The highest BCUT2D eigenvalue weighted by molar-refractivity contribution is 5.97. The van der Waals surface area contributed by atoms with E-state index in [2.05, 4.69) is 31.9 Å². The highest BCUT2D eigenvalue weighted by Gasteiger charge is 2.33. The lowest BCUT2D eigenvalue weighted by atomic mass is 9.99. The van der Waals surface area contributed by atoms with Crippen LogP contribution < -0.4 is 43.4 Å². The topological polar surface area (TPSA) is 244 Å². The Morgan fingerprint density at radius 2 is 1.45 bits per heavy atom. The fourth-order valence-corrected chi connectivity index (χ4v) is 5.89. The molecule has 1 aliphatic rings. The molecule has 0 bridgehead atoms. The summed E-state index contributed by atoms with van der Waals surface area (Å²) < 4.78 is 0. The summed E-state index contributed by atoms with van der Waals surface area (Å²) in [7, 11) is 0. The third-order valence-electron chi connectivity index (χ3n) is 8.72. The molecule has 0 saturated carbocycles. The number of carbonyl (C=O) groups is 7. The highest BCUT2D eigenvalue weighted by Crippen LogP contribution is 2.12. The molecule has 2 aromatic carbocycles. The zero-order chi connectivity index (χ0) is 38.8. The molecule has 0 aliphatic carbocycles. The summed E-state index contributed by atoms with van der Waals surface area (Å²) >= 11 is 0. The number of benzene rings is 2. The number of amides is 7. The first-order valence-electron chi connectivity index (χ1n) is 18.2. The molecule has 2 aromatic rings. The van der Waals surface area contributed by atoms with Crippen LogP contribution in [-0.4, -0.2) is 84.6 Å². The Morgan fingerprint density at radius 3 is 2.08 bits per heavy atom. The number of nitrogens with one attached hydrogen (secondary N) is 6. The summed E-state index contributed by atoms with van der Waals surface area (Å²) in [5.41, 5.74) is 12.6. The van der Waals surface area contributed by atoms with Crippen LogP contribution >= 0.6 is 0 Å². The van der Waals surface area contributed by atoms with Crippen LogP contribution in [0.5, 0.6) is 0 Å². The molecule has 53 heavy (non-hydrogen) atoms. The largest absolute Gasteiger partial charge is 0.368 e. The average Bonchev–Trinajstić information content (AvgIpc) is 3.12. The van der Waals surface area contributed by atoms with Crippen molar-refractivity contribution in [2.45, 2.75) is 102 Å². The molecule has 1 heterocycles. The van der Waals surface area contributed by atoms with E-state index in [-0.39, 0.29) is 50.5 Å². The van der Waals surface area contributed by atoms with Gasteiger partial charge in [0.15, 0.2) is 0 Å². The molecule has 3 rings (SSSR count). The maximum Gasteiger partial charge on any atom is 0.243 e. The summed E-state index contributed by atoms with van der Waals surface area (Å²) in [5, 5.41) is 16.3. The molecule has 15 nitrogen and oxygen atoms in total. The van der Waals surface area contributed by atoms with Gasteiger partial charge in [-0.05, 0) is 55.7 Å². The Hall–Kier alpha value is -5.31. The first-order valence-corrected chi connectivity index (χ1v) is 18.2. The van der Waals surface area contributed by atoms with E-state index in [9.17, 15) is 33.6 Å². The van der Waals surface area contributed by atoms with Crippen LogP contribution in [0.15, 0.2) is 60.7 Å². The minimum atomic E-state index is -1.33. The van der Waals surface area contributed by atoms with E-state index in [1.165, 1.54) is 0 Å². The van der Waals surface area contributed by atoms with Gasteiger partial charge in [0, 0.05) is 25.8 Å². The molecule has 0 unspecified atom stereocenters. The van der Waals surface area contributed by atoms with Crippen LogP contribution in [0.3, 0.4) is 0 Å². The SMILES string of the molecule is CC(C)C[C@@H]1NC(=O)[C@@H](NC(=O)[C@H](Cc2ccccc2)NC(=O)CCCN)CCCCNC(=O)C[C@@H](C(N)=O)NC(=O)[C@H](Cc2ccccc2)NC1=O. The number of primary amides is 1. The summed E-state index contributed by atoms with van der Waals surface area (Å²) in [6.45, 7) is 4.23. The van der Waals surface area contributed by atoms with E-state index in [4.69, 9.17) is 11.5 Å². The lowest BCUT2D eigenvalue weighted by Crippen LogP contribution is -2.59. The maximum absolute atomic E-state index is 14.0. The van der Waals surface area contributed by atoms with E-state index in [0.717, 1.165) is 5.56 Å². The molecular formula is C38H54N8O7. The molecule has 10 N–H and O–H groups in total. The lowest BCUT2D eigenvalue weighted by Gasteiger charge is -2.28. The second kappa shape index (κ2) is 21.9. The Kier molecular flexibility index (Phi) is 17.4. The minimum absolute atomic E-state index is 0.0386. The minimum Gasteiger partial charge on any atom is -0.368 e. The third kappa shape index (κ3) is 15.1. The summed E-state index contributed by atoms with van der Waals surface area (Å²) in [6.07, 6.45) is 1.47. The summed E-state index contributed by atoms with van der Waals surface area (Å²) in [6, 6.07) is 12.3. The molecule has 7 amide bonds. The van der Waals surface area contributed by atoms with Crippen molar-refractivity contribution in [1.29, 1.82) is 0 Å². The molecular weight excluding hydrogens is 680 g/mol. The summed E-state index contributed by atoms with van der Waals surface area (Å²) in [4.78, 5) is 93.1. The second-order valence-corrected chi connectivity index (χ2v) is 13.7. The molecule has 288 valence electrons. The van der Waals surface area contributed by atoms with Crippen LogP contribution in [0, 0.1) is 5.92 Å². The fraction of sp³-hybridized carbons (Fsp3) is 0.500. The van der Waals surface area contributed by atoms with Crippen LogP contribution in [0.25, 0.3) is 0 Å². The molecule has 15 heteroatoms. The molecule has 0 aromatic heterocycles. The van der Waals surface area contributed by atoms with Crippen molar-refractivity contribution in [3.8, 4) is 0 Å². The predicted molar refractivity (Wildman–Crippen MR) is 198 cm³/mol. The molecule has 1 saturated heterocycles. The van der Waals surface area contributed by atoms with Crippen LogP contribution in [0.4, 0.5) is 0 Å². The standard InChI is InChI=1S/C38H54N8O7/c1-24(2)20-29-36(51)46-31(22-26-14-7-4-8-15-26)38(53)44-28(34(40)49)23-33(48)41-19-10-9-16-27(35(50)45-29)43-37(52)30(42-32(47)17-11-18-39)21-25-12-5-3-6-13-25/h3-8,12-15,24,27-31H,9-11,16-23,39H2,1-2H3,(H2,40,49)(H,41,48)(H,42,47)(H,43,52)(H,44,53)(H,45,50)(H,46,51)/t27-,28-,29-,30-,31-/m0/s1. The van der Waals surface area contributed by atoms with Crippen molar-refractivity contribution < 1.29 is 33.6 Å². The lowest BCUT2D eigenvalue weighted by molar-refractivity contribution is -0.135. The summed E-state index contributed by atoms with van der Waals surface area (Å²) in [5.74, 6) is -4.47. The Labute approximate surface area is 310 Å². The van der Waals surface area contributed by atoms with E-state index in [1.807, 2.05) is 44.2 Å². The van der Waals surface area contributed by atoms with E-state index in [1.54, 1.807) is 30.3 Å². The monoisotopic (exact) mass is 734 g/mol. The number of rotatable bonds is 13. The van der Waals surface area contributed by atoms with Crippen LogP contribution in [-0.2, 0) is 46.4 Å². The molecule has 5 atom stereocenters. The number of nitrogens with two attached hydrogens (primary N) is 2. The predicted octanol–water partition coefficient (Wildman–Crippen LogP) is -0.144. The van der Waals surface area contributed by atoms with Gasteiger partial charge < -0.3 is 43.4 Å². The van der Waals surface area contributed by atoms with Crippen molar-refractivity contribution in [3.63, 3.8) is 0 Å². The zero-order valence-electron chi connectivity index (χ0n) is 30.5. The second-order valence-electron chi connectivity index (χ2n) is 13.7. The van der Waals surface area contributed by atoms with Gasteiger partial charge in [-0.1, -0.05) is 74.5 Å². The van der Waals surface area contributed by atoms with Crippen molar-refractivity contribution >= 4 is 41.4 Å². The van der Waals surface area contributed by atoms with Gasteiger partial charge >= 0.3 is 0 Å². The Bertz CT molecular complexity index is 1540. The number of carbonyl (C=O) groups excluding carboxylic acids is 7. The Balaban J connectivity index is 1.93. The van der Waals surface area contributed by atoms with Gasteiger partial charge in [0.25, 0.3) is 0 Å². The number of hydrogen-bond acceptors (Lipinski definition) is 8. The van der Waals surface area contributed by atoms with Gasteiger partial charge in [-0.15, -0.1) is 0 Å². The van der Waals surface area contributed by atoms with Gasteiger partial charge in [-0.25, -0.2) is 0 Å². The number of hydrogen-bond donors (Lipinski definition) is 8. The molecule has 1 aliphatic heterocycles. The van der Waals surface area contributed by atoms with Crippen LogP contribution in [0.2, 0.25) is 0 Å². The van der Waals surface area contributed by atoms with E-state index < -0.39 is 72.1 Å². The first kappa shape index (κ1) is 42.1. The van der Waals surface area contributed by atoms with Gasteiger partial charge in [0.2, 0.25) is 41.4 Å². The van der Waals surface area contributed by atoms with Crippen molar-refractivity contribution in [1.82, 2.24) is 31.9 Å².